The van der Waals surface area contributed by atoms with Crippen LogP contribution >= 0.6 is 0 Å². The van der Waals surface area contributed by atoms with Gasteiger partial charge >= 0.3 is 0 Å². The maximum absolute atomic E-state index is 12.6. The Morgan fingerprint density at radius 2 is 1.92 bits per heavy atom. The zero-order valence-corrected chi connectivity index (χ0v) is 15.0. The molecule has 1 fully saturated rings. The van der Waals surface area contributed by atoms with Crippen molar-refractivity contribution >= 4 is 5.91 Å². The van der Waals surface area contributed by atoms with E-state index in [0.29, 0.717) is 23.7 Å². The van der Waals surface area contributed by atoms with E-state index in [-0.39, 0.29) is 5.91 Å². The maximum Gasteiger partial charge on any atom is 0.254 e. The van der Waals surface area contributed by atoms with Crippen molar-refractivity contribution in [2.45, 2.75) is 45.4 Å². The number of methoxy groups -OCH3 is 1. The number of piperidine rings is 1. The molecular weight excluding hydrogens is 302 g/mol. The number of hydrogen-bond acceptors (Lipinski definition) is 3. The summed E-state index contributed by atoms with van der Waals surface area (Å²) in [6, 6.07) is 5.46. The monoisotopic (exact) mass is 331 g/mol. The Bertz CT molecular complexity index is 558. The molecular formula is C20H29NO3. The fraction of sp³-hybridized carbons (Fsp3) is 0.550. The zero-order valence-electron chi connectivity index (χ0n) is 15.0. The third kappa shape index (κ3) is 5.02. The first kappa shape index (κ1) is 18.4. The Hall–Kier alpha value is -1.97. The van der Waals surface area contributed by atoms with E-state index in [2.05, 4.69) is 13.5 Å². The predicted molar refractivity (Wildman–Crippen MR) is 96.9 cm³/mol. The molecule has 0 radical (unpaired) electrons. The number of hydrogen-bond donors (Lipinski definition) is 0. The van der Waals surface area contributed by atoms with Crippen LogP contribution in [0.25, 0.3) is 0 Å². The molecule has 4 nitrogen and oxygen atoms in total. The van der Waals surface area contributed by atoms with Gasteiger partial charge < -0.3 is 14.4 Å². The van der Waals surface area contributed by atoms with Crippen LogP contribution in [-0.4, -0.2) is 37.6 Å². The number of ether oxygens (including phenoxy) is 2. The highest BCUT2D eigenvalue weighted by Gasteiger charge is 2.20. The van der Waals surface area contributed by atoms with Crippen molar-refractivity contribution in [2.24, 2.45) is 0 Å². The Balaban J connectivity index is 1.97. The molecule has 1 heterocycles. The summed E-state index contributed by atoms with van der Waals surface area (Å²) in [6.45, 7) is 8.35. The SMILES string of the molecule is C=C1CCN(C(=O)c2ccc(OCCCCCC)c(OC)c2)CC1. The van der Waals surface area contributed by atoms with Gasteiger partial charge in [-0.1, -0.05) is 38.3 Å². The summed E-state index contributed by atoms with van der Waals surface area (Å²) in [5, 5.41) is 0. The fourth-order valence-corrected chi connectivity index (χ4v) is 2.84. The Kier molecular flexibility index (Phi) is 7.16. The number of carbonyl (C=O) groups is 1. The lowest BCUT2D eigenvalue weighted by atomic mass is 10.0. The van der Waals surface area contributed by atoms with Crippen molar-refractivity contribution < 1.29 is 14.3 Å². The molecule has 2 rings (SSSR count). The molecule has 1 aliphatic heterocycles. The summed E-state index contributed by atoms with van der Waals surface area (Å²) < 4.78 is 11.2. The number of rotatable bonds is 8. The topological polar surface area (TPSA) is 38.8 Å². The van der Waals surface area contributed by atoms with Crippen molar-refractivity contribution in [3.8, 4) is 11.5 Å². The van der Waals surface area contributed by atoms with Crippen molar-refractivity contribution in [3.05, 3.63) is 35.9 Å². The second kappa shape index (κ2) is 9.36. The molecule has 1 aromatic rings. The van der Waals surface area contributed by atoms with E-state index in [4.69, 9.17) is 9.47 Å². The molecule has 0 atom stereocenters. The number of nitrogens with zero attached hydrogens (tertiary/aromatic N) is 1. The second-order valence-electron chi connectivity index (χ2n) is 6.32. The largest absolute Gasteiger partial charge is 0.493 e. The van der Waals surface area contributed by atoms with E-state index in [1.165, 1.54) is 24.8 Å². The lowest BCUT2D eigenvalue weighted by molar-refractivity contribution is 0.0743. The van der Waals surface area contributed by atoms with E-state index in [1.54, 1.807) is 13.2 Å². The van der Waals surface area contributed by atoms with Crippen LogP contribution in [0.5, 0.6) is 11.5 Å². The van der Waals surface area contributed by atoms with Gasteiger partial charge in [-0.2, -0.15) is 0 Å². The predicted octanol–water partition coefficient (Wildman–Crippen LogP) is 4.45. The van der Waals surface area contributed by atoms with Crippen LogP contribution in [0, 0.1) is 0 Å². The number of unbranched alkanes of at least 4 members (excludes halogenated alkanes) is 3. The first-order valence-electron chi connectivity index (χ1n) is 8.92. The molecule has 1 saturated heterocycles. The van der Waals surface area contributed by atoms with Crippen molar-refractivity contribution in [2.75, 3.05) is 26.8 Å². The van der Waals surface area contributed by atoms with Gasteiger partial charge in [0, 0.05) is 18.7 Å². The van der Waals surface area contributed by atoms with Crippen molar-refractivity contribution in [1.29, 1.82) is 0 Å². The highest BCUT2D eigenvalue weighted by Crippen LogP contribution is 2.29. The Morgan fingerprint density at radius 1 is 1.17 bits per heavy atom. The minimum atomic E-state index is 0.0512. The highest BCUT2D eigenvalue weighted by atomic mass is 16.5. The van der Waals surface area contributed by atoms with Crippen molar-refractivity contribution in [3.63, 3.8) is 0 Å². The average molecular weight is 331 g/mol. The van der Waals surface area contributed by atoms with Gasteiger partial charge in [0.1, 0.15) is 0 Å². The quantitative estimate of drug-likeness (QED) is 0.522. The third-order valence-electron chi connectivity index (χ3n) is 4.42. The molecule has 0 unspecified atom stereocenters. The summed E-state index contributed by atoms with van der Waals surface area (Å²) in [7, 11) is 1.61. The van der Waals surface area contributed by atoms with Crippen LogP contribution in [0.3, 0.4) is 0 Å². The fourth-order valence-electron chi connectivity index (χ4n) is 2.84. The van der Waals surface area contributed by atoms with E-state index in [9.17, 15) is 4.79 Å². The van der Waals surface area contributed by atoms with Gasteiger partial charge in [-0.25, -0.2) is 0 Å². The van der Waals surface area contributed by atoms with Gasteiger partial charge in [-0.05, 0) is 37.5 Å². The molecule has 0 spiro atoms. The number of benzene rings is 1. The molecule has 4 heteroatoms. The molecule has 0 bridgehead atoms. The molecule has 1 aromatic carbocycles. The van der Waals surface area contributed by atoms with Crippen LogP contribution in [0.1, 0.15) is 55.8 Å². The summed E-state index contributed by atoms with van der Waals surface area (Å²) in [5.74, 6) is 1.38. The van der Waals surface area contributed by atoms with Crippen LogP contribution in [0.4, 0.5) is 0 Å². The van der Waals surface area contributed by atoms with Crippen molar-refractivity contribution in [1.82, 2.24) is 4.90 Å². The Morgan fingerprint density at radius 3 is 2.58 bits per heavy atom. The van der Waals surface area contributed by atoms with Gasteiger partial charge in [-0.15, -0.1) is 0 Å². The molecule has 1 amide bonds. The lowest BCUT2D eigenvalue weighted by Crippen LogP contribution is -2.36. The van der Waals surface area contributed by atoms with Gasteiger partial charge in [0.2, 0.25) is 0 Å². The van der Waals surface area contributed by atoms with Crippen LogP contribution in [-0.2, 0) is 0 Å². The minimum Gasteiger partial charge on any atom is -0.493 e. The summed E-state index contributed by atoms with van der Waals surface area (Å²) in [6.07, 6.45) is 6.44. The smallest absolute Gasteiger partial charge is 0.254 e. The molecule has 24 heavy (non-hydrogen) atoms. The zero-order chi connectivity index (χ0) is 17.4. The van der Waals surface area contributed by atoms with Crippen LogP contribution in [0.2, 0.25) is 0 Å². The van der Waals surface area contributed by atoms with E-state index in [0.717, 1.165) is 32.4 Å². The third-order valence-corrected chi connectivity index (χ3v) is 4.42. The standard InChI is InChI=1S/C20H29NO3/c1-4-5-6-7-14-24-18-9-8-17(15-19(18)23-3)20(22)21-12-10-16(2)11-13-21/h8-9,15H,2,4-7,10-14H2,1,3H3. The van der Waals surface area contributed by atoms with E-state index < -0.39 is 0 Å². The molecule has 0 aliphatic carbocycles. The van der Waals surface area contributed by atoms with Crippen LogP contribution in [0.15, 0.2) is 30.4 Å². The molecule has 1 aliphatic rings. The van der Waals surface area contributed by atoms with E-state index in [1.807, 2.05) is 17.0 Å². The van der Waals surface area contributed by atoms with Gasteiger partial charge in [0.05, 0.1) is 13.7 Å². The number of amides is 1. The highest BCUT2D eigenvalue weighted by molar-refractivity contribution is 5.95. The number of carbonyl (C=O) groups excluding carboxylic acids is 1. The molecule has 0 saturated carbocycles. The lowest BCUT2D eigenvalue weighted by Gasteiger charge is -2.28. The maximum atomic E-state index is 12.6. The first-order valence-corrected chi connectivity index (χ1v) is 8.92. The van der Waals surface area contributed by atoms with Gasteiger partial charge in [0.15, 0.2) is 11.5 Å². The first-order chi connectivity index (χ1) is 11.7. The van der Waals surface area contributed by atoms with Gasteiger partial charge in [-0.3, -0.25) is 4.79 Å². The second-order valence-corrected chi connectivity index (χ2v) is 6.32. The number of likely N-dealkylation sites (tertiary alicyclic amines) is 1. The van der Waals surface area contributed by atoms with E-state index >= 15 is 0 Å². The van der Waals surface area contributed by atoms with Crippen LogP contribution < -0.4 is 9.47 Å². The molecule has 0 aromatic heterocycles. The molecule has 0 N–H and O–H groups in total. The average Bonchev–Trinajstić information content (AvgIpc) is 2.61. The normalized spacial score (nSPS) is 14.6. The summed E-state index contributed by atoms with van der Waals surface area (Å²) in [4.78, 5) is 14.5. The summed E-state index contributed by atoms with van der Waals surface area (Å²) in [5.41, 5.74) is 1.88. The minimum absolute atomic E-state index is 0.0512. The molecule has 132 valence electrons. The summed E-state index contributed by atoms with van der Waals surface area (Å²) >= 11 is 0. The van der Waals surface area contributed by atoms with Gasteiger partial charge in [0.25, 0.3) is 5.91 Å². The Labute approximate surface area is 145 Å².